The second-order valence-corrected chi connectivity index (χ2v) is 5.21. The molecule has 0 bridgehead atoms. The fourth-order valence-electron chi connectivity index (χ4n) is 1.84. The molecule has 2 heteroatoms. The van der Waals surface area contributed by atoms with E-state index in [1.165, 1.54) is 18.5 Å². The van der Waals surface area contributed by atoms with Gasteiger partial charge in [0.05, 0.1) is 0 Å². The first kappa shape index (κ1) is 14.2. The van der Waals surface area contributed by atoms with E-state index in [1.54, 1.807) is 0 Å². The molecule has 96 valence electrons. The van der Waals surface area contributed by atoms with Crippen LogP contribution < -0.4 is 0 Å². The van der Waals surface area contributed by atoms with E-state index in [4.69, 9.17) is 0 Å². The largest absolute Gasteiger partial charge is 0.308 e. The molecule has 0 radical (unpaired) electrons. The number of hydrogen-bond acceptors (Lipinski definition) is 2. The molecule has 0 aliphatic carbocycles. The molecule has 0 aliphatic rings. The predicted molar refractivity (Wildman–Crippen MR) is 75.5 cm³/mol. The van der Waals surface area contributed by atoms with Crippen LogP contribution in [0.15, 0.2) is 30.3 Å². The van der Waals surface area contributed by atoms with E-state index in [0.717, 1.165) is 13.1 Å². The summed E-state index contributed by atoms with van der Waals surface area (Å²) in [7, 11) is 6.46. The Balaban J connectivity index is 2.26. The summed E-state index contributed by atoms with van der Waals surface area (Å²) in [6, 6.07) is 10.8. The van der Waals surface area contributed by atoms with Gasteiger partial charge in [0.1, 0.15) is 0 Å². The molecule has 1 rings (SSSR count). The third-order valence-electron chi connectivity index (χ3n) is 3.24. The van der Waals surface area contributed by atoms with Crippen molar-refractivity contribution in [2.24, 2.45) is 0 Å². The molecule has 0 aromatic heterocycles. The van der Waals surface area contributed by atoms with Gasteiger partial charge in [-0.1, -0.05) is 37.3 Å². The zero-order valence-electron chi connectivity index (χ0n) is 11.7. The number of nitrogens with zero attached hydrogens (tertiary/aromatic N) is 2. The molecule has 0 N–H and O–H groups in total. The second-order valence-electron chi connectivity index (χ2n) is 5.21. The van der Waals surface area contributed by atoms with Gasteiger partial charge in [0, 0.05) is 13.1 Å². The van der Waals surface area contributed by atoms with Crippen LogP contribution in [0.4, 0.5) is 0 Å². The summed E-state index contributed by atoms with van der Waals surface area (Å²) < 4.78 is 0. The number of hydrogen-bond donors (Lipinski definition) is 0. The van der Waals surface area contributed by atoms with Crippen LogP contribution in [0.25, 0.3) is 0 Å². The van der Waals surface area contributed by atoms with Crippen molar-refractivity contribution in [3.8, 4) is 0 Å². The summed E-state index contributed by atoms with van der Waals surface area (Å²) in [5.41, 5.74) is 1.45. The van der Waals surface area contributed by atoms with Crippen molar-refractivity contribution in [3.05, 3.63) is 35.9 Å². The van der Waals surface area contributed by atoms with Gasteiger partial charge in [0.2, 0.25) is 0 Å². The van der Waals surface area contributed by atoms with Crippen molar-refractivity contribution in [2.45, 2.75) is 19.3 Å². The topological polar surface area (TPSA) is 6.48 Å². The Morgan fingerprint density at radius 3 is 2.18 bits per heavy atom. The quantitative estimate of drug-likeness (QED) is 0.715. The van der Waals surface area contributed by atoms with Gasteiger partial charge in [-0.25, -0.2) is 0 Å². The molecular weight excluding hydrogens is 208 g/mol. The maximum Gasteiger partial charge on any atom is 0.0106 e. The minimum Gasteiger partial charge on any atom is -0.308 e. The Bertz CT molecular complexity index is 295. The Morgan fingerprint density at radius 2 is 1.59 bits per heavy atom. The van der Waals surface area contributed by atoms with Gasteiger partial charge >= 0.3 is 0 Å². The third-order valence-corrected chi connectivity index (χ3v) is 3.24. The van der Waals surface area contributed by atoms with Crippen molar-refractivity contribution in [3.63, 3.8) is 0 Å². The molecule has 0 spiro atoms. The van der Waals surface area contributed by atoms with Crippen molar-refractivity contribution in [1.29, 1.82) is 0 Å². The van der Waals surface area contributed by atoms with Crippen LogP contribution in [0.1, 0.15) is 24.8 Å². The van der Waals surface area contributed by atoms with Gasteiger partial charge in [-0.15, -0.1) is 0 Å². The van der Waals surface area contributed by atoms with E-state index in [0.29, 0.717) is 5.92 Å². The lowest BCUT2D eigenvalue weighted by Crippen LogP contribution is -2.29. The zero-order chi connectivity index (χ0) is 12.7. The minimum absolute atomic E-state index is 0.651. The van der Waals surface area contributed by atoms with E-state index < -0.39 is 0 Å². The van der Waals surface area contributed by atoms with E-state index >= 15 is 0 Å². The molecule has 0 aliphatic heterocycles. The Labute approximate surface area is 106 Å². The average molecular weight is 234 g/mol. The minimum atomic E-state index is 0.651. The number of rotatable bonds is 7. The van der Waals surface area contributed by atoms with Crippen molar-refractivity contribution in [2.75, 3.05) is 40.8 Å². The van der Waals surface area contributed by atoms with Crippen LogP contribution in [0.5, 0.6) is 0 Å². The van der Waals surface area contributed by atoms with E-state index in [2.05, 4.69) is 68.2 Å². The molecule has 1 aromatic rings. The van der Waals surface area contributed by atoms with Crippen LogP contribution in [-0.2, 0) is 0 Å². The Kier molecular flexibility index (Phi) is 6.23. The number of benzene rings is 1. The highest BCUT2D eigenvalue weighted by molar-refractivity contribution is 5.18. The van der Waals surface area contributed by atoms with Crippen LogP contribution in [-0.4, -0.2) is 50.6 Å². The molecule has 1 aromatic carbocycles. The molecule has 0 amide bonds. The fraction of sp³-hybridized carbons (Fsp3) is 0.600. The lowest BCUT2D eigenvalue weighted by atomic mass is 9.98. The summed E-state index contributed by atoms with van der Waals surface area (Å²) in [6.45, 7) is 5.77. The highest BCUT2D eigenvalue weighted by Crippen LogP contribution is 2.18. The molecular formula is C15H26N2. The lowest BCUT2D eigenvalue weighted by Gasteiger charge is -2.21. The van der Waals surface area contributed by atoms with Gasteiger partial charge in [0.25, 0.3) is 0 Å². The van der Waals surface area contributed by atoms with Crippen LogP contribution in [0.3, 0.4) is 0 Å². The third kappa shape index (κ3) is 5.85. The van der Waals surface area contributed by atoms with E-state index in [9.17, 15) is 0 Å². The normalized spacial score (nSPS) is 13.3. The monoisotopic (exact) mass is 234 g/mol. The van der Waals surface area contributed by atoms with Gasteiger partial charge in [0.15, 0.2) is 0 Å². The summed E-state index contributed by atoms with van der Waals surface area (Å²) >= 11 is 0. The molecule has 0 saturated heterocycles. The van der Waals surface area contributed by atoms with Crippen molar-refractivity contribution in [1.82, 2.24) is 9.80 Å². The van der Waals surface area contributed by atoms with Crippen LogP contribution >= 0.6 is 0 Å². The average Bonchev–Trinajstić information content (AvgIpc) is 2.34. The molecule has 2 nitrogen and oxygen atoms in total. The maximum atomic E-state index is 2.42. The first-order valence-electron chi connectivity index (χ1n) is 6.48. The SMILES string of the molecule is C[C@@H](CCN(C)CCN(C)C)c1ccccc1. The van der Waals surface area contributed by atoms with Gasteiger partial charge in [-0.2, -0.15) is 0 Å². The van der Waals surface area contributed by atoms with Crippen LogP contribution in [0.2, 0.25) is 0 Å². The lowest BCUT2D eigenvalue weighted by molar-refractivity contribution is 0.275. The molecule has 1 atom stereocenters. The summed E-state index contributed by atoms with van der Waals surface area (Å²) in [4.78, 5) is 4.65. The van der Waals surface area contributed by atoms with Gasteiger partial charge in [-0.05, 0) is 45.6 Å². The van der Waals surface area contributed by atoms with Gasteiger partial charge < -0.3 is 9.80 Å². The summed E-state index contributed by atoms with van der Waals surface area (Å²) in [5.74, 6) is 0.651. The number of likely N-dealkylation sites (N-methyl/N-ethyl adjacent to an activating group) is 2. The highest BCUT2D eigenvalue weighted by atomic mass is 15.1. The molecule has 0 heterocycles. The van der Waals surface area contributed by atoms with Crippen LogP contribution in [0, 0.1) is 0 Å². The highest BCUT2D eigenvalue weighted by Gasteiger charge is 2.06. The summed E-state index contributed by atoms with van der Waals surface area (Å²) in [6.07, 6.45) is 1.23. The predicted octanol–water partition coefficient (Wildman–Crippen LogP) is 2.67. The van der Waals surface area contributed by atoms with Gasteiger partial charge in [-0.3, -0.25) is 0 Å². The van der Waals surface area contributed by atoms with Crippen molar-refractivity contribution >= 4 is 0 Å². The second kappa shape index (κ2) is 7.46. The zero-order valence-corrected chi connectivity index (χ0v) is 11.7. The maximum absolute atomic E-state index is 2.42. The fourth-order valence-corrected chi connectivity index (χ4v) is 1.84. The van der Waals surface area contributed by atoms with E-state index in [1.807, 2.05) is 0 Å². The molecule has 0 fully saturated rings. The molecule has 0 saturated carbocycles. The van der Waals surface area contributed by atoms with Crippen molar-refractivity contribution < 1.29 is 0 Å². The first-order valence-corrected chi connectivity index (χ1v) is 6.48. The summed E-state index contributed by atoms with van der Waals surface area (Å²) in [5, 5.41) is 0. The smallest absolute Gasteiger partial charge is 0.0106 e. The Hall–Kier alpha value is -0.860. The molecule has 17 heavy (non-hydrogen) atoms. The standard InChI is InChI=1S/C15H26N2/c1-14(15-8-6-5-7-9-15)10-11-17(4)13-12-16(2)3/h5-9,14H,10-13H2,1-4H3/t14-/m0/s1. The Morgan fingerprint density at radius 1 is 0.941 bits per heavy atom. The first-order chi connectivity index (χ1) is 8.09. The molecule has 0 unspecified atom stereocenters. The van der Waals surface area contributed by atoms with E-state index in [-0.39, 0.29) is 0 Å².